The molecule has 0 heterocycles. The van der Waals surface area contributed by atoms with Gasteiger partial charge in [-0.05, 0) is 18.6 Å². The van der Waals surface area contributed by atoms with Crippen molar-refractivity contribution in [1.82, 2.24) is 0 Å². The van der Waals surface area contributed by atoms with Crippen LogP contribution in [0.2, 0.25) is 0 Å². The van der Waals surface area contributed by atoms with E-state index >= 15 is 0 Å². The highest BCUT2D eigenvalue weighted by Gasteiger charge is 2.03. The molecule has 0 spiro atoms. The van der Waals surface area contributed by atoms with Crippen molar-refractivity contribution in [1.29, 1.82) is 0 Å². The number of hydrogen-bond donors (Lipinski definition) is 1. The lowest BCUT2D eigenvalue weighted by atomic mass is 10.1. The monoisotopic (exact) mass is 278 g/mol. The predicted octanol–water partition coefficient (Wildman–Crippen LogP) is 3.91. The molecule has 3 heteroatoms. The summed E-state index contributed by atoms with van der Waals surface area (Å²) in [7, 11) is 0. The Hall–Kier alpha value is -1.53. The largest absolute Gasteiger partial charge is 0.492 e. The summed E-state index contributed by atoms with van der Waals surface area (Å²) in [4.78, 5) is 0. The third kappa shape index (κ3) is 6.58. The van der Waals surface area contributed by atoms with Gasteiger partial charge in [0.25, 0.3) is 0 Å². The lowest BCUT2D eigenvalue weighted by Crippen LogP contribution is -1.99. The second-order valence-electron chi connectivity index (χ2n) is 4.68. The highest BCUT2D eigenvalue weighted by atomic mass is 19.1. The van der Waals surface area contributed by atoms with Crippen LogP contribution < -0.4 is 4.74 Å². The van der Waals surface area contributed by atoms with Gasteiger partial charge in [0.15, 0.2) is 0 Å². The van der Waals surface area contributed by atoms with E-state index in [-0.39, 0.29) is 12.4 Å². The molecule has 1 rings (SSSR count). The Morgan fingerprint density at radius 1 is 1.20 bits per heavy atom. The van der Waals surface area contributed by atoms with Crippen LogP contribution in [-0.2, 0) is 0 Å². The molecule has 0 saturated heterocycles. The summed E-state index contributed by atoms with van der Waals surface area (Å²) >= 11 is 0. The summed E-state index contributed by atoms with van der Waals surface area (Å²) in [5, 5.41) is 8.71. The van der Waals surface area contributed by atoms with E-state index in [1.54, 1.807) is 6.07 Å². The van der Waals surface area contributed by atoms with E-state index in [4.69, 9.17) is 9.84 Å². The van der Waals surface area contributed by atoms with Gasteiger partial charge in [-0.25, -0.2) is 4.39 Å². The number of aliphatic hydroxyl groups is 1. The molecule has 0 saturated carbocycles. The minimum atomic E-state index is -0.321. The molecule has 0 atom stereocenters. The van der Waals surface area contributed by atoms with Crippen LogP contribution in [0.15, 0.2) is 18.2 Å². The number of halogens is 1. The van der Waals surface area contributed by atoms with Gasteiger partial charge in [0.1, 0.15) is 11.6 Å². The van der Waals surface area contributed by atoms with Gasteiger partial charge in [0.2, 0.25) is 0 Å². The van der Waals surface area contributed by atoms with E-state index in [0.717, 1.165) is 12.8 Å². The average molecular weight is 278 g/mol. The fraction of sp³-hybridized carbons (Fsp3) is 0.529. The third-order valence-corrected chi connectivity index (χ3v) is 2.91. The molecule has 0 amide bonds. The Bertz CT molecular complexity index is 446. The van der Waals surface area contributed by atoms with Gasteiger partial charge < -0.3 is 9.84 Å². The summed E-state index contributed by atoms with van der Waals surface area (Å²) in [5.41, 5.74) is 0.674. The standard InChI is InChI=1S/C17H23FO2/c1-2-3-4-5-8-13-20-17-14-16(18)11-10-15(17)9-6-7-12-19/h10-11,14,19H,2-5,7-8,12-13H2,1H3. The van der Waals surface area contributed by atoms with E-state index in [1.165, 1.54) is 31.4 Å². The van der Waals surface area contributed by atoms with Crippen LogP contribution >= 0.6 is 0 Å². The summed E-state index contributed by atoms with van der Waals surface area (Å²) in [5.74, 6) is 5.90. The topological polar surface area (TPSA) is 29.5 Å². The molecule has 0 radical (unpaired) electrons. The zero-order chi connectivity index (χ0) is 14.6. The van der Waals surface area contributed by atoms with Crippen molar-refractivity contribution in [2.45, 2.75) is 45.4 Å². The lowest BCUT2D eigenvalue weighted by molar-refractivity contribution is 0.302. The van der Waals surface area contributed by atoms with Crippen molar-refractivity contribution >= 4 is 0 Å². The Kier molecular flexibility index (Phi) is 8.49. The summed E-state index contributed by atoms with van der Waals surface area (Å²) in [6.07, 6.45) is 6.20. The Morgan fingerprint density at radius 3 is 2.75 bits per heavy atom. The molecule has 0 aliphatic heterocycles. The van der Waals surface area contributed by atoms with Gasteiger partial charge >= 0.3 is 0 Å². The minimum absolute atomic E-state index is 0.0296. The molecule has 1 N–H and O–H groups in total. The van der Waals surface area contributed by atoms with Gasteiger partial charge in [-0.1, -0.05) is 44.4 Å². The fourth-order valence-electron chi connectivity index (χ4n) is 1.82. The molecular weight excluding hydrogens is 255 g/mol. The SMILES string of the molecule is CCCCCCCOc1cc(F)ccc1C#CCCO. The van der Waals surface area contributed by atoms with Crippen molar-refractivity contribution in [3.63, 3.8) is 0 Å². The maximum atomic E-state index is 13.2. The predicted molar refractivity (Wildman–Crippen MR) is 79.2 cm³/mol. The number of benzene rings is 1. The maximum Gasteiger partial charge on any atom is 0.137 e. The Balaban J connectivity index is 2.50. The average Bonchev–Trinajstić information content (AvgIpc) is 2.45. The normalized spacial score (nSPS) is 9.95. The molecule has 20 heavy (non-hydrogen) atoms. The zero-order valence-corrected chi connectivity index (χ0v) is 12.1. The fourth-order valence-corrected chi connectivity index (χ4v) is 1.82. The smallest absolute Gasteiger partial charge is 0.137 e. The third-order valence-electron chi connectivity index (χ3n) is 2.91. The number of unbranched alkanes of at least 4 members (excludes halogenated alkanes) is 4. The summed E-state index contributed by atoms with van der Waals surface area (Å²) in [6.45, 7) is 2.80. The van der Waals surface area contributed by atoms with Crippen LogP contribution in [0.5, 0.6) is 5.75 Å². The zero-order valence-electron chi connectivity index (χ0n) is 12.1. The van der Waals surface area contributed by atoms with Crippen molar-refractivity contribution in [2.24, 2.45) is 0 Å². The highest BCUT2D eigenvalue weighted by molar-refractivity contribution is 5.46. The lowest BCUT2D eigenvalue weighted by Gasteiger charge is -2.08. The van der Waals surface area contributed by atoms with Crippen LogP contribution in [0, 0.1) is 17.7 Å². The first-order valence-corrected chi connectivity index (χ1v) is 7.30. The van der Waals surface area contributed by atoms with Gasteiger partial charge in [-0.15, -0.1) is 0 Å². The van der Waals surface area contributed by atoms with E-state index in [9.17, 15) is 4.39 Å². The van der Waals surface area contributed by atoms with Crippen LogP contribution in [0.4, 0.5) is 4.39 Å². The molecule has 110 valence electrons. The molecule has 0 aliphatic carbocycles. The van der Waals surface area contributed by atoms with E-state index < -0.39 is 0 Å². The second kappa shape index (κ2) is 10.3. The molecule has 0 unspecified atom stereocenters. The Labute approximate surface area is 121 Å². The molecule has 0 bridgehead atoms. The summed E-state index contributed by atoms with van der Waals surface area (Å²) < 4.78 is 18.9. The first-order chi connectivity index (χ1) is 9.77. The molecule has 1 aromatic carbocycles. The van der Waals surface area contributed by atoms with Gasteiger partial charge in [0.05, 0.1) is 18.8 Å². The molecule has 2 nitrogen and oxygen atoms in total. The molecule has 0 fully saturated rings. The maximum absolute atomic E-state index is 13.2. The van der Waals surface area contributed by atoms with Crippen molar-refractivity contribution < 1.29 is 14.2 Å². The van der Waals surface area contributed by atoms with E-state index in [1.807, 2.05) is 0 Å². The first kappa shape index (κ1) is 16.5. The number of ether oxygens (including phenoxy) is 1. The minimum Gasteiger partial charge on any atom is -0.492 e. The molecule has 0 aromatic heterocycles. The van der Waals surface area contributed by atoms with Gasteiger partial charge in [-0.3, -0.25) is 0 Å². The van der Waals surface area contributed by atoms with Crippen molar-refractivity contribution in [2.75, 3.05) is 13.2 Å². The van der Waals surface area contributed by atoms with Crippen LogP contribution in [0.3, 0.4) is 0 Å². The number of aliphatic hydroxyl groups excluding tert-OH is 1. The van der Waals surface area contributed by atoms with Crippen LogP contribution in [0.25, 0.3) is 0 Å². The van der Waals surface area contributed by atoms with Gasteiger partial charge in [-0.2, -0.15) is 0 Å². The number of hydrogen-bond acceptors (Lipinski definition) is 2. The summed E-state index contributed by atoms with van der Waals surface area (Å²) in [6, 6.07) is 4.36. The molecule has 1 aromatic rings. The van der Waals surface area contributed by atoms with Crippen molar-refractivity contribution in [3.8, 4) is 17.6 Å². The number of rotatable bonds is 8. The van der Waals surface area contributed by atoms with Gasteiger partial charge in [0, 0.05) is 12.5 Å². The molecular formula is C17H23FO2. The Morgan fingerprint density at radius 2 is 2.00 bits per heavy atom. The second-order valence-corrected chi connectivity index (χ2v) is 4.68. The van der Waals surface area contributed by atoms with Crippen LogP contribution in [-0.4, -0.2) is 18.3 Å². The quantitative estimate of drug-likeness (QED) is 0.577. The first-order valence-electron chi connectivity index (χ1n) is 7.30. The molecule has 0 aliphatic rings. The van der Waals surface area contributed by atoms with Crippen LogP contribution in [0.1, 0.15) is 51.0 Å². The van der Waals surface area contributed by atoms with E-state index in [2.05, 4.69) is 18.8 Å². The van der Waals surface area contributed by atoms with Crippen molar-refractivity contribution in [3.05, 3.63) is 29.6 Å². The van der Waals surface area contributed by atoms with E-state index in [0.29, 0.717) is 24.3 Å². The highest BCUT2D eigenvalue weighted by Crippen LogP contribution is 2.19.